The van der Waals surface area contributed by atoms with E-state index in [4.69, 9.17) is 0 Å². The van der Waals surface area contributed by atoms with Crippen LogP contribution in [0.3, 0.4) is 0 Å². The fourth-order valence-electron chi connectivity index (χ4n) is 4.01. The van der Waals surface area contributed by atoms with Gasteiger partial charge in [0.15, 0.2) is 0 Å². The van der Waals surface area contributed by atoms with Crippen LogP contribution in [-0.4, -0.2) is 17.4 Å². The Kier molecular flexibility index (Phi) is 6.47. The van der Waals surface area contributed by atoms with Crippen LogP contribution in [0.4, 0.5) is 0 Å². The molecule has 2 atom stereocenters. The van der Waals surface area contributed by atoms with E-state index in [1.165, 1.54) is 15.9 Å². The van der Waals surface area contributed by atoms with Gasteiger partial charge in [0, 0.05) is 5.92 Å². The average Bonchev–Trinajstić information content (AvgIpc) is 2.73. The van der Waals surface area contributed by atoms with E-state index in [1.54, 1.807) is 0 Å². The van der Waals surface area contributed by atoms with E-state index in [2.05, 4.69) is 112 Å². The molecule has 3 aromatic rings. The molecule has 0 aliphatic rings. The molecule has 0 fully saturated rings. The van der Waals surface area contributed by atoms with Crippen LogP contribution in [0.2, 0.25) is 0 Å². The maximum absolute atomic E-state index is 10.8. The lowest BCUT2D eigenvalue weighted by molar-refractivity contribution is 0.0816. The third kappa shape index (κ3) is 4.15. The van der Waals surface area contributed by atoms with Crippen molar-refractivity contribution in [2.45, 2.75) is 26.9 Å². The van der Waals surface area contributed by atoms with Gasteiger partial charge in [-0.25, -0.2) is 0 Å². The van der Waals surface area contributed by atoms with Gasteiger partial charge in [-0.1, -0.05) is 75.4 Å². The first-order valence-corrected chi connectivity index (χ1v) is 11.8. The van der Waals surface area contributed by atoms with Crippen LogP contribution in [-0.2, 0) is 0 Å². The number of aliphatic hydroxyl groups is 1. The topological polar surface area (TPSA) is 20.2 Å². The van der Waals surface area contributed by atoms with Gasteiger partial charge in [0.25, 0.3) is 0 Å². The van der Waals surface area contributed by atoms with Crippen molar-refractivity contribution in [3.8, 4) is 0 Å². The van der Waals surface area contributed by atoms with Gasteiger partial charge in [0.2, 0.25) is 0 Å². The Morgan fingerprint density at radius 1 is 0.630 bits per heavy atom. The highest BCUT2D eigenvalue weighted by molar-refractivity contribution is 7.95. The van der Waals surface area contributed by atoms with E-state index in [-0.39, 0.29) is 17.9 Å². The van der Waals surface area contributed by atoms with Crippen molar-refractivity contribution in [1.29, 1.82) is 0 Å². The third-order valence-electron chi connectivity index (χ3n) is 5.42. The molecule has 140 valence electrons. The first kappa shape index (κ1) is 19.8. The number of aliphatic hydroxyl groups excluding tert-OH is 1. The van der Waals surface area contributed by atoms with Gasteiger partial charge in [-0.15, -0.1) is 0 Å². The summed E-state index contributed by atoms with van der Waals surface area (Å²) in [6, 6.07) is 32.7. The molecule has 0 aromatic heterocycles. The van der Waals surface area contributed by atoms with Crippen LogP contribution in [0.1, 0.15) is 20.8 Å². The highest BCUT2D eigenvalue weighted by Gasteiger charge is 2.47. The highest BCUT2D eigenvalue weighted by atomic mass is 31.2. The van der Waals surface area contributed by atoms with Crippen LogP contribution in [0.5, 0.6) is 0 Å². The van der Waals surface area contributed by atoms with Crippen molar-refractivity contribution in [3.05, 3.63) is 91.0 Å². The summed E-state index contributed by atoms with van der Waals surface area (Å²) in [5.41, 5.74) is 0. The number of benzene rings is 3. The lowest BCUT2D eigenvalue weighted by Gasteiger charge is -2.32. The fraction of sp³-hybridized carbons (Fsp3) is 0.280. The minimum Gasteiger partial charge on any atom is -0.392 e. The molecule has 0 spiro atoms. The van der Waals surface area contributed by atoms with Crippen molar-refractivity contribution in [3.63, 3.8) is 0 Å². The van der Waals surface area contributed by atoms with Crippen LogP contribution in [0.15, 0.2) is 91.0 Å². The molecule has 0 saturated heterocycles. The Morgan fingerprint density at radius 2 is 0.963 bits per heavy atom. The quantitative estimate of drug-likeness (QED) is 0.593. The second-order valence-electron chi connectivity index (χ2n) is 7.71. The van der Waals surface area contributed by atoms with Crippen LogP contribution >= 0.6 is 7.26 Å². The predicted octanol–water partition coefficient (Wildman–Crippen LogP) is 4.63. The van der Waals surface area contributed by atoms with Gasteiger partial charge in [-0.05, 0) is 42.3 Å². The summed E-state index contributed by atoms with van der Waals surface area (Å²) in [6.45, 7) is 6.41. The van der Waals surface area contributed by atoms with Crippen molar-refractivity contribution >= 4 is 23.2 Å². The summed E-state index contributed by atoms with van der Waals surface area (Å²) in [5, 5.41) is 15.0. The molecule has 0 radical (unpaired) electrons. The molecule has 0 amide bonds. The molecule has 0 aliphatic heterocycles. The van der Waals surface area contributed by atoms with Crippen LogP contribution < -0.4 is 15.9 Å². The normalized spacial score (nSPS) is 14.1. The Labute approximate surface area is 164 Å². The predicted molar refractivity (Wildman–Crippen MR) is 120 cm³/mol. The first-order valence-electron chi connectivity index (χ1n) is 9.78. The maximum atomic E-state index is 10.8. The minimum atomic E-state index is -1.86. The molecular weight excluding hydrogens is 349 g/mol. The van der Waals surface area contributed by atoms with E-state index < -0.39 is 7.26 Å². The molecule has 1 N–H and O–H groups in total. The second kappa shape index (κ2) is 8.83. The zero-order chi connectivity index (χ0) is 19.3. The zero-order valence-electron chi connectivity index (χ0n) is 16.5. The molecule has 0 unspecified atom stereocenters. The van der Waals surface area contributed by atoms with Gasteiger partial charge >= 0.3 is 0 Å². The van der Waals surface area contributed by atoms with Gasteiger partial charge in [0.05, 0.1) is 12.3 Å². The summed E-state index contributed by atoms with van der Waals surface area (Å²) in [6.07, 6.45) is 0.658. The monoisotopic (exact) mass is 379 g/mol. The summed E-state index contributed by atoms with van der Waals surface area (Å²) >= 11 is 0. The Balaban J connectivity index is 2.23. The fourth-order valence-corrected chi connectivity index (χ4v) is 8.66. The minimum absolute atomic E-state index is 0.207. The molecule has 0 saturated carbocycles. The smallest absolute Gasteiger partial charge is 0.112 e. The lowest BCUT2D eigenvalue weighted by Crippen LogP contribution is -2.38. The van der Waals surface area contributed by atoms with Crippen molar-refractivity contribution in [1.82, 2.24) is 0 Å². The number of hydrogen-bond acceptors (Lipinski definition) is 1. The van der Waals surface area contributed by atoms with E-state index >= 15 is 0 Å². The molecule has 2 heteroatoms. The molecule has 27 heavy (non-hydrogen) atoms. The van der Waals surface area contributed by atoms with Crippen LogP contribution in [0, 0.1) is 11.8 Å². The standard InChI is InChI=1S/C25H30OP/c1-20(2)25(26)21(3)19-27(22-13-7-4-8-14-22,23-15-9-5-10-16-23)24-17-11-6-12-18-24/h4-18,20-21,25-26H,19H2,1-3H3/q+1/t21-,25+/m0/s1/i19+2. The number of rotatable bonds is 7. The van der Waals surface area contributed by atoms with Gasteiger partial charge in [0.1, 0.15) is 23.2 Å². The Morgan fingerprint density at radius 3 is 1.26 bits per heavy atom. The van der Waals surface area contributed by atoms with Gasteiger partial charge < -0.3 is 5.11 Å². The molecule has 1 nitrogen and oxygen atoms in total. The van der Waals surface area contributed by atoms with Crippen molar-refractivity contribution in [2.24, 2.45) is 11.8 Å². The zero-order valence-corrected chi connectivity index (χ0v) is 17.4. The van der Waals surface area contributed by atoms with E-state index in [0.29, 0.717) is 0 Å². The highest BCUT2D eigenvalue weighted by Crippen LogP contribution is 2.57. The largest absolute Gasteiger partial charge is 0.392 e. The molecule has 0 heterocycles. The maximum Gasteiger partial charge on any atom is 0.112 e. The first-order chi connectivity index (χ1) is 13.1. The third-order valence-corrected chi connectivity index (χ3v) is 10.1. The molecular formula is C25H30OP+. The van der Waals surface area contributed by atoms with Crippen molar-refractivity contribution < 1.29 is 5.11 Å². The van der Waals surface area contributed by atoms with Crippen LogP contribution in [0.25, 0.3) is 0 Å². The molecule has 0 bridgehead atoms. The van der Waals surface area contributed by atoms with Gasteiger partial charge in [-0.3, -0.25) is 0 Å². The Hall–Kier alpha value is -1.95. The van der Waals surface area contributed by atoms with Gasteiger partial charge in [-0.2, -0.15) is 0 Å². The SMILES string of the molecule is CC(C)[C@@H](O)[C@@H](C)[14CH2][P+](c1ccccc1)(c1ccccc1)c1ccccc1. The van der Waals surface area contributed by atoms with E-state index in [1.807, 2.05) is 0 Å². The van der Waals surface area contributed by atoms with E-state index in [0.717, 1.165) is 6.16 Å². The summed E-state index contributed by atoms with van der Waals surface area (Å²) < 4.78 is 0. The second-order valence-corrected chi connectivity index (χ2v) is 11.2. The average molecular weight is 379 g/mol. The van der Waals surface area contributed by atoms with Crippen molar-refractivity contribution in [2.75, 3.05) is 6.16 Å². The van der Waals surface area contributed by atoms with E-state index in [9.17, 15) is 5.11 Å². The molecule has 3 rings (SSSR count). The summed E-state index contributed by atoms with van der Waals surface area (Å²) in [4.78, 5) is 0. The lowest BCUT2D eigenvalue weighted by atomic mass is 10.0. The Bertz CT molecular complexity index is 718. The summed E-state index contributed by atoms with van der Waals surface area (Å²) in [7, 11) is -1.86. The summed E-state index contributed by atoms with van der Waals surface area (Å²) in [5.74, 6) is 0.461. The number of hydrogen-bond donors (Lipinski definition) is 1. The molecule has 3 aromatic carbocycles. The molecule has 0 aliphatic carbocycles.